The first-order chi connectivity index (χ1) is 14.5. The van der Waals surface area contributed by atoms with E-state index in [0.717, 1.165) is 24.8 Å². The first kappa shape index (κ1) is 20.7. The molecule has 0 saturated carbocycles. The van der Waals surface area contributed by atoms with Gasteiger partial charge in [0.25, 0.3) is 0 Å². The van der Waals surface area contributed by atoms with E-state index in [9.17, 15) is 13.2 Å². The zero-order valence-corrected chi connectivity index (χ0v) is 17.7. The summed E-state index contributed by atoms with van der Waals surface area (Å²) in [5, 5.41) is 0. The Bertz CT molecular complexity index is 1020. The number of carbonyl (C=O) groups excluding carboxylic acids is 1. The lowest BCUT2D eigenvalue weighted by atomic mass is 10.0. The van der Waals surface area contributed by atoms with Crippen molar-refractivity contribution in [2.75, 3.05) is 26.4 Å². The van der Waals surface area contributed by atoms with Crippen molar-refractivity contribution in [2.24, 2.45) is 0 Å². The molecule has 0 aromatic heterocycles. The maximum absolute atomic E-state index is 13.3. The molecule has 30 heavy (non-hydrogen) atoms. The fourth-order valence-corrected chi connectivity index (χ4v) is 5.54. The van der Waals surface area contributed by atoms with E-state index in [2.05, 4.69) is 0 Å². The van der Waals surface area contributed by atoms with E-state index >= 15 is 0 Å². The lowest BCUT2D eigenvalue weighted by molar-refractivity contribution is 0.0526. The molecule has 2 aromatic rings. The molecular formula is C22H25NO6S. The Kier molecular flexibility index (Phi) is 5.97. The first-order valence-corrected chi connectivity index (χ1v) is 11.6. The van der Waals surface area contributed by atoms with Crippen LogP contribution in [0.4, 0.5) is 0 Å². The van der Waals surface area contributed by atoms with Crippen LogP contribution in [0.3, 0.4) is 0 Å². The van der Waals surface area contributed by atoms with Gasteiger partial charge in [0.2, 0.25) is 10.0 Å². The maximum atomic E-state index is 13.3. The fraction of sp³-hybridized carbons (Fsp3) is 0.409. The summed E-state index contributed by atoms with van der Waals surface area (Å²) in [5.74, 6) is 0.888. The van der Waals surface area contributed by atoms with Gasteiger partial charge in [-0.1, -0.05) is 6.07 Å². The van der Waals surface area contributed by atoms with Crippen molar-refractivity contribution >= 4 is 16.0 Å². The number of fused-ring (bicyclic) bond motifs is 1. The molecular weight excluding hydrogens is 406 g/mol. The molecule has 8 heteroatoms. The van der Waals surface area contributed by atoms with Crippen molar-refractivity contribution in [3.8, 4) is 11.5 Å². The normalized spacial score (nSPS) is 19.3. The summed E-state index contributed by atoms with van der Waals surface area (Å²) in [7, 11) is -3.71. The quantitative estimate of drug-likeness (QED) is 0.674. The van der Waals surface area contributed by atoms with Gasteiger partial charge in [-0.15, -0.1) is 0 Å². The van der Waals surface area contributed by atoms with Crippen LogP contribution in [0.15, 0.2) is 47.4 Å². The monoisotopic (exact) mass is 431 g/mol. The number of esters is 1. The lowest BCUT2D eigenvalue weighted by Gasteiger charge is -2.25. The van der Waals surface area contributed by atoms with Crippen molar-refractivity contribution in [1.82, 2.24) is 4.31 Å². The van der Waals surface area contributed by atoms with Crippen LogP contribution in [-0.4, -0.2) is 45.1 Å². The zero-order valence-electron chi connectivity index (χ0n) is 16.9. The number of carbonyl (C=O) groups is 1. The maximum Gasteiger partial charge on any atom is 0.338 e. The Labute approximate surface area is 176 Å². The third-order valence-corrected chi connectivity index (χ3v) is 7.25. The van der Waals surface area contributed by atoms with Crippen molar-refractivity contribution in [2.45, 2.75) is 37.1 Å². The van der Waals surface area contributed by atoms with E-state index in [1.807, 2.05) is 18.2 Å². The van der Waals surface area contributed by atoms with Gasteiger partial charge < -0.3 is 14.2 Å². The summed E-state index contributed by atoms with van der Waals surface area (Å²) in [4.78, 5) is 12.0. The summed E-state index contributed by atoms with van der Waals surface area (Å²) < 4.78 is 44.6. The Morgan fingerprint density at radius 3 is 2.53 bits per heavy atom. The van der Waals surface area contributed by atoms with Gasteiger partial charge in [0.1, 0.15) is 0 Å². The molecule has 1 fully saturated rings. The average molecular weight is 432 g/mol. The minimum absolute atomic E-state index is 0.164. The highest BCUT2D eigenvalue weighted by Crippen LogP contribution is 2.40. The van der Waals surface area contributed by atoms with Gasteiger partial charge in [-0.05, 0) is 61.7 Å². The summed E-state index contributed by atoms with van der Waals surface area (Å²) >= 11 is 0. The largest absolute Gasteiger partial charge is 0.490 e. The SMILES string of the molecule is CCOC(=O)c1ccc(S(=O)(=O)N2CCCC2c2ccc3c(c2)OCCCO3)cc1. The second-order valence-electron chi connectivity index (χ2n) is 7.28. The minimum atomic E-state index is -3.71. The summed E-state index contributed by atoms with van der Waals surface area (Å²) in [6, 6.07) is 11.3. The molecule has 0 bridgehead atoms. The van der Waals surface area contributed by atoms with Gasteiger partial charge in [-0.3, -0.25) is 0 Å². The molecule has 7 nitrogen and oxygen atoms in total. The van der Waals surface area contributed by atoms with Crippen LogP contribution in [0.2, 0.25) is 0 Å². The van der Waals surface area contributed by atoms with Crippen LogP contribution in [0.25, 0.3) is 0 Å². The molecule has 1 atom stereocenters. The molecule has 0 spiro atoms. The number of ether oxygens (including phenoxy) is 3. The van der Waals surface area contributed by atoms with E-state index < -0.39 is 16.0 Å². The van der Waals surface area contributed by atoms with Crippen LogP contribution in [-0.2, 0) is 14.8 Å². The predicted molar refractivity (Wildman–Crippen MR) is 110 cm³/mol. The smallest absolute Gasteiger partial charge is 0.338 e. The lowest BCUT2D eigenvalue weighted by Crippen LogP contribution is -2.30. The Morgan fingerprint density at radius 2 is 1.80 bits per heavy atom. The highest BCUT2D eigenvalue weighted by atomic mass is 32.2. The van der Waals surface area contributed by atoms with Crippen LogP contribution < -0.4 is 9.47 Å². The average Bonchev–Trinajstić information content (AvgIpc) is 3.14. The molecule has 2 aliphatic heterocycles. The van der Waals surface area contributed by atoms with Gasteiger partial charge in [-0.2, -0.15) is 4.31 Å². The molecule has 0 radical (unpaired) electrons. The number of rotatable bonds is 5. The third kappa shape index (κ3) is 4.02. The molecule has 0 N–H and O–H groups in total. The number of hydrogen-bond donors (Lipinski definition) is 0. The van der Waals surface area contributed by atoms with Crippen LogP contribution >= 0.6 is 0 Å². The number of hydrogen-bond acceptors (Lipinski definition) is 6. The van der Waals surface area contributed by atoms with Gasteiger partial charge in [0.05, 0.1) is 36.3 Å². The summed E-state index contributed by atoms with van der Waals surface area (Å²) in [6.45, 7) is 3.63. The Morgan fingerprint density at radius 1 is 1.07 bits per heavy atom. The van der Waals surface area contributed by atoms with E-state index in [1.54, 1.807) is 6.92 Å². The predicted octanol–water partition coefficient (Wildman–Crippen LogP) is 3.55. The second kappa shape index (κ2) is 8.65. The molecule has 2 aromatic carbocycles. The molecule has 2 aliphatic rings. The van der Waals surface area contributed by atoms with Crippen molar-refractivity contribution in [1.29, 1.82) is 0 Å². The van der Waals surface area contributed by atoms with Crippen LogP contribution in [0, 0.1) is 0 Å². The van der Waals surface area contributed by atoms with Crippen LogP contribution in [0.1, 0.15) is 48.1 Å². The molecule has 160 valence electrons. The van der Waals surface area contributed by atoms with E-state index in [4.69, 9.17) is 14.2 Å². The topological polar surface area (TPSA) is 82.1 Å². The first-order valence-electron chi connectivity index (χ1n) is 10.2. The molecule has 2 heterocycles. The molecule has 0 amide bonds. The molecule has 4 rings (SSSR count). The van der Waals surface area contributed by atoms with Gasteiger partial charge in [-0.25, -0.2) is 13.2 Å². The van der Waals surface area contributed by atoms with Crippen molar-refractivity contribution in [3.05, 3.63) is 53.6 Å². The number of nitrogens with zero attached hydrogens (tertiary/aromatic N) is 1. The summed E-state index contributed by atoms with van der Waals surface area (Å²) in [5.41, 5.74) is 1.22. The van der Waals surface area contributed by atoms with E-state index in [1.165, 1.54) is 28.6 Å². The minimum Gasteiger partial charge on any atom is -0.490 e. The number of sulfonamides is 1. The Hall–Kier alpha value is -2.58. The van der Waals surface area contributed by atoms with Crippen molar-refractivity contribution in [3.63, 3.8) is 0 Å². The third-order valence-electron chi connectivity index (χ3n) is 5.33. The fourth-order valence-electron chi connectivity index (χ4n) is 3.86. The highest BCUT2D eigenvalue weighted by Gasteiger charge is 2.36. The van der Waals surface area contributed by atoms with Crippen molar-refractivity contribution < 1.29 is 27.4 Å². The zero-order chi connectivity index (χ0) is 21.1. The molecule has 1 unspecified atom stereocenters. The van der Waals surface area contributed by atoms with E-state index in [-0.39, 0.29) is 17.5 Å². The van der Waals surface area contributed by atoms with E-state index in [0.29, 0.717) is 36.8 Å². The highest BCUT2D eigenvalue weighted by molar-refractivity contribution is 7.89. The molecule has 1 saturated heterocycles. The molecule has 0 aliphatic carbocycles. The Balaban J connectivity index is 1.59. The summed E-state index contributed by atoms with van der Waals surface area (Å²) in [6.07, 6.45) is 2.33. The standard InChI is InChI=1S/C22H25NO6S/c1-2-27-22(24)16-6-9-18(10-7-16)30(25,26)23-12-3-5-19(23)17-8-11-20-21(15-17)29-14-4-13-28-20/h6-11,15,19H,2-5,12-14H2,1H3. The van der Waals surface area contributed by atoms with Gasteiger partial charge in [0.15, 0.2) is 11.5 Å². The number of benzene rings is 2. The van der Waals surface area contributed by atoms with Gasteiger partial charge >= 0.3 is 5.97 Å². The van der Waals surface area contributed by atoms with Gasteiger partial charge in [0, 0.05) is 13.0 Å². The van der Waals surface area contributed by atoms with Crippen LogP contribution in [0.5, 0.6) is 11.5 Å². The second-order valence-corrected chi connectivity index (χ2v) is 9.17.